The largest absolute Gasteiger partial charge is 2.00 e. The molecule has 0 aliphatic heterocycles. The number of hydrogen-bond acceptors (Lipinski definition) is 2. The van der Waals surface area contributed by atoms with Crippen LogP contribution in [-0.2, 0) is 18.6 Å². The Kier molecular flexibility index (Phi) is 15.7. The zero-order valence-corrected chi connectivity index (χ0v) is 11.5. The Labute approximate surface area is 116 Å². The van der Waals surface area contributed by atoms with Crippen LogP contribution in [0, 0.1) is 14.9 Å². The fourth-order valence-electron chi connectivity index (χ4n) is 0.856. The molecule has 2 nitrogen and oxygen atoms in total. The van der Waals surface area contributed by atoms with Gasteiger partial charge in [0.15, 0.2) is 0 Å². The van der Waals surface area contributed by atoms with Crippen molar-refractivity contribution in [3.8, 4) is 11.5 Å². The second kappa shape index (κ2) is 12.7. The summed E-state index contributed by atoms with van der Waals surface area (Å²) >= 11 is 0. The molecule has 0 bridgehead atoms. The van der Waals surface area contributed by atoms with E-state index in [9.17, 15) is 0 Å². The summed E-state index contributed by atoms with van der Waals surface area (Å²) in [5.74, 6) is 0.644. The zero-order valence-electron chi connectivity index (χ0n) is 10.1. The Morgan fingerprint density at radius 1 is 0.529 bits per heavy atom. The summed E-state index contributed by atoms with van der Waals surface area (Å²) in [4.78, 5) is 0. The molecule has 0 saturated heterocycles. The van der Waals surface area contributed by atoms with E-state index in [4.69, 9.17) is 10.2 Å². The van der Waals surface area contributed by atoms with Crippen molar-refractivity contribution < 1.29 is 28.8 Å². The monoisotopic (exact) mass is 269 g/mol. The fraction of sp³-hybridized carbons (Fsp3) is 0. The van der Waals surface area contributed by atoms with Crippen LogP contribution in [-0.4, -0.2) is 10.2 Å². The van der Waals surface area contributed by atoms with E-state index in [1.54, 1.807) is 48.5 Å². The maximum Gasteiger partial charge on any atom is 2.00 e. The van der Waals surface area contributed by atoms with Crippen LogP contribution in [0.3, 0.4) is 0 Å². The average Bonchev–Trinajstić information content (AvgIpc) is 2.21. The maximum atomic E-state index is 8.63. The SMILES string of the molecule is Oc1ccccc1.Oc1ccccc1.[CH3-].[CH3-].[V+2]. The van der Waals surface area contributed by atoms with Crippen molar-refractivity contribution in [3.63, 3.8) is 0 Å². The molecule has 0 unspecified atom stereocenters. The second-order valence-corrected chi connectivity index (χ2v) is 2.67. The average molecular weight is 269 g/mol. The first-order valence-corrected chi connectivity index (χ1v) is 4.27. The predicted molar refractivity (Wildman–Crippen MR) is 69.0 cm³/mol. The van der Waals surface area contributed by atoms with Crippen LogP contribution in [0.2, 0.25) is 0 Å². The Balaban J connectivity index is -0.000000196. The van der Waals surface area contributed by atoms with Gasteiger partial charge in [-0.3, -0.25) is 0 Å². The molecule has 0 atom stereocenters. The third-order valence-corrected chi connectivity index (χ3v) is 1.51. The third-order valence-electron chi connectivity index (χ3n) is 1.51. The molecule has 2 rings (SSSR count). The van der Waals surface area contributed by atoms with Crippen LogP contribution >= 0.6 is 0 Å². The summed E-state index contributed by atoms with van der Waals surface area (Å²) in [5, 5.41) is 17.3. The smallest absolute Gasteiger partial charge is 0.508 e. The minimum atomic E-state index is 0. The third kappa shape index (κ3) is 10.9. The number of hydrogen-bond donors (Lipinski definition) is 2. The Morgan fingerprint density at radius 2 is 0.765 bits per heavy atom. The number of phenols is 2. The van der Waals surface area contributed by atoms with Gasteiger partial charge in [-0.15, -0.1) is 0 Å². The minimum absolute atomic E-state index is 0. The van der Waals surface area contributed by atoms with Gasteiger partial charge in [-0.05, 0) is 24.3 Å². The number of aromatic hydroxyl groups is 2. The molecule has 0 aliphatic rings. The van der Waals surface area contributed by atoms with Crippen molar-refractivity contribution >= 4 is 0 Å². The van der Waals surface area contributed by atoms with Crippen molar-refractivity contribution in [2.45, 2.75) is 0 Å². The van der Waals surface area contributed by atoms with Gasteiger partial charge in [-0.25, -0.2) is 0 Å². The van der Waals surface area contributed by atoms with E-state index in [0.29, 0.717) is 11.5 Å². The summed E-state index contributed by atoms with van der Waals surface area (Å²) in [7, 11) is 0. The van der Waals surface area contributed by atoms with E-state index in [1.165, 1.54) is 0 Å². The summed E-state index contributed by atoms with van der Waals surface area (Å²) < 4.78 is 0. The quantitative estimate of drug-likeness (QED) is 0.716. The van der Waals surface area contributed by atoms with Crippen LogP contribution in [0.25, 0.3) is 0 Å². The van der Waals surface area contributed by atoms with Crippen molar-refractivity contribution in [2.24, 2.45) is 0 Å². The van der Waals surface area contributed by atoms with Crippen molar-refractivity contribution in [1.82, 2.24) is 0 Å². The second-order valence-electron chi connectivity index (χ2n) is 2.67. The Morgan fingerprint density at radius 3 is 0.882 bits per heavy atom. The van der Waals surface area contributed by atoms with Gasteiger partial charge in [0.05, 0.1) is 0 Å². The molecule has 2 aromatic carbocycles. The molecule has 0 spiro atoms. The topological polar surface area (TPSA) is 40.5 Å². The number of para-hydroxylation sites is 2. The normalized spacial score (nSPS) is 7.06. The van der Waals surface area contributed by atoms with Crippen LogP contribution in [0.5, 0.6) is 11.5 Å². The first-order valence-electron chi connectivity index (χ1n) is 4.27. The van der Waals surface area contributed by atoms with Crippen LogP contribution in [0.4, 0.5) is 0 Å². The summed E-state index contributed by atoms with van der Waals surface area (Å²) in [6, 6.07) is 17.4. The Hall–Kier alpha value is -1.38. The van der Waals surface area contributed by atoms with E-state index in [1.807, 2.05) is 12.1 Å². The van der Waals surface area contributed by atoms with Gasteiger partial charge in [-0.2, -0.15) is 0 Å². The molecule has 1 radical (unpaired) electrons. The number of benzene rings is 2. The van der Waals surface area contributed by atoms with Crippen molar-refractivity contribution in [1.29, 1.82) is 0 Å². The van der Waals surface area contributed by atoms with Crippen molar-refractivity contribution in [3.05, 3.63) is 75.5 Å². The molecule has 17 heavy (non-hydrogen) atoms. The zero-order chi connectivity index (χ0) is 10.2. The van der Waals surface area contributed by atoms with Gasteiger partial charge in [0.25, 0.3) is 0 Å². The van der Waals surface area contributed by atoms with E-state index in [-0.39, 0.29) is 33.4 Å². The fourth-order valence-corrected chi connectivity index (χ4v) is 0.856. The molecular weight excluding hydrogens is 251 g/mol. The van der Waals surface area contributed by atoms with E-state index >= 15 is 0 Å². The standard InChI is InChI=1S/2C6H6O.2CH3.V/c2*7-6-4-2-1-3-5-6;;;/h2*1-5,7H;2*1H3;/q;;2*-1;+2. The van der Waals surface area contributed by atoms with Gasteiger partial charge in [0, 0.05) is 0 Å². The molecule has 0 amide bonds. The molecular formula is C14H18O2V. The van der Waals surface area contributed by atoms with E-state index in [0.717, 1.165) is 0 Å². The minimum Gasteiger partial charge on any atom is -0.508 e. The molecule has 0 aliphatic carbocycles. The molecule has 2 N–H and O–H groups in total. The van der Waals surface area contributed by atoms with Gasteiger partial charge >= 0.3 is 18.6 Å². The molecule has 0 fully saturated rings. The molecule has 2 aromatic rings. The summed E-state index contributed by atoms with van der Waals surface area (Å²) in [6.07, 6.45) is 0. The predicted octanol–water partition coefficient (Wildman–Crippen LogP) is 3.68. The number of rotatable bonds is 0. The van der Waals surface area contributed by atoms with E-state index in [2.05, 4.69) is 0 Å². The van der Waals surface area contributed by atoms with Gasteiger partial charge in [0.2, 0.25) is 0 Å². The maximum absolute atomic E-state index is 8.63. The number of phenolic OH excluding ortho intramolecular Hbond substituents is 2. The summed E-state index contributed by atoms with van der Waals surface area (Å²) in [6.45, 7) is 0. The van der Waals surface area contributed by atoms with Crippen molar-refractivity contribution in [2.75, 3.05) is 0 Å². The van der Waals surface area contributed by atoms with Gasteiger partial charge < -0.3 is 25.1 Å². The van der Waals surface area contributed by atoms with Crippen LogP contribution in [0.1, 0.15) is 0 Å². The molecule has 0 heterocycles. The van der Waals surface area contributed by atoms with Crippen LogP contribution in [0.15, 0.2) is 60.7 Å². The van der Waals surface area contributed by atoms with Gasteiger partial charge in [-0.1, -0.05) is 36.4 Å². The van der Waals surface area contributed by atoms with Crippen LogP contribution < -0.4 is 0 Å². The molecule has 91 valence electrons. The Bertz CT molecular complexity index is 312. The molecule has 0 aromatic heterocycles. The summed E-state index contributed by atoms with van der Waals surface area (Å²) in [5.41, 5.74) is 0. The first kappa shape index (κ1) is 21.0. The molecule has 3 heteroatoms. The first-order chi connectivity index (χ1) is 6.79. The molecule has 0 saturated carbocycles. The van der Waals surface area contributed by atoms with E-state index < -0.39 is 0 Å². The van der Waals surface area contributed by atoms with Gasteiger partial charge in [0.1, 0.15) is 11.5 Å².